The molecule has 1 unspecified atom stereocenters. The topological polar surface area (TPSA) is 56.8 Å². The first-order chi connectivity index (χ1) is 17.2. The Morgan fingerprint density at radius 3 is 2.58 bits per heavy atom. The van der Waals surface area contributed by atoms with Crippen LogP contribution in [-0.2, 0) is 13.0 Å². The molecular weight excluding hydrogens is 472 g/mol. The third-order valence-corrected chi connectivity index (χ3v) is 7.95. The molecule has 2 fully saturated rings. The minimum Gasteiger partial charge on any atom is -0.462 e. The van der Waals surface area contributed by atoms with Crippen LogP contribution in [0.25, 0.3) is 10.8 Å². The number of halogens is 1. The Hall–Kier alpha value is -2.61. The summed E-state index contributed by atoms with van der Waals surface area (Å²) in [5, 5.41) is 6.10. The molecule has 0 bridgehead atoms. The molecule has 1 aromatic heterocycles. The Bertz CT molecular complexity index is 1210. The quantitative estimate of drug-likeness (QED) is 0.562. The van der Waals surface area contributed by atoms with Crippen LogP contribution in [0.3, 0.4) is 0 Å². The van der Waals surface area contributed by atoms with E-state index >= 15 is 0 Å². The first kappa shape index (κ1) is 25.1. The van der Waals surface area contributed by atoms with Crippen molar-refractivity contribution in [2.45, 2.75) is 38.8 Å². The number of anilines is 2. The Morgan fingerprint density at radius 1 is 1.00 bits per heavy atom. The molecule has 8 heteroatoms. The lowest BCUT2D eigenvalue weighted by atomic mass is 9.99. The second-order valence-corrected chi connectivity index (χ2v) is 10.2. The molecule has 36 heavy (non-hydrogen) atoms. The SMILES string of the molecule is Cc1cccc2cccc(N3CCc4c(nc(OCC5CCCN5C)nc4N4CCNCC4)C3)c12.Cl. The van der Waals surface area contributed by atoms with Crippen LogP contribution in [0.5, 0.6) is 6.01 Å². The summed E-state index contributed by atoms with van der Waals surface area (Å²) in [6.45, 7) is 9.68. The molecule has 0 amide bonds. The number of aryl methyl sites for hydroxylation is 1. The number of aromatic nitrogens is 2. The summed E-state index contributed by atoms with van der Waals surface area (Å²) in [5.41, 5.74) is 5.02. The summed E-state index contributed by atoms with van der Waals surface area (Å²) in [5.74, 6) is 1.08. The third-order valence-electron chi connectivity index (χ3n) is 7.95. The van der Waals surface area contributed by atoms with Gasteiger partial charge in [-0.3, -0.25) is 0 Å². The molecule has 3 aromatic rings. The lowest BCUT2D eigenvalue weighted by molar-refractivity contribution is 0.187. The first-order valence-electron chi connectivity index (χ1n) is 13.1. The number of likely N-dealkylation sites (N-methyl/N-ethyl adjacent to an activating group) is 1. The number of nitrogens with one attached hydrogen (secondary N) is 1. The smallest absolute Gasteiger partial charge is 0.318 e. The maximum absolute atomic E-state index is 6.26. The number of benzene rings is 2. The molecule has 0 spiro atoms. The Labute approximate surface area is 220 Å². The number of rotatable bonds is 5. The van der Waals surface area contributed by atoms with Crippen LogP contribution in [0.2, 0.25) is 0 Å². The number of fused-ring (bicyclic) bond motifs is 2. The van der Waals surface area contributed by atoms with Crippen LogP contribution < -0.4 is 19.9 Å². The predicted octanol–water partition coefficient (Wildman–Crippen LogP) is 3.81. The number of likely N-dealkylation sites (tertiary alicyclic amines) is 1. The molecule has 0 radical (unpaired) electrons. The van der Waals surface area contributed by atoms with Gasteiger partial charge in [0, 0.05) is 55.4 Å². The summed E-state index contributed by atoms with van der Waals surface area (Å²) >= 11 is 0. The summed E-state index contributed by atoms with van der Waals surface area (Å²) in [7, 11) is 2.19. The summed E-state index contributed by atoms with van der Waals surface area (Å²) in [4.78, 5) is 17.3. The molecule has 0 aliphatic carbocycles. The molecule has 1 N–H and O–H groups in total. The fraction of sp³-hybridized carbons (Fsp3) is 0.500. The molecule has 192 valence electrons. The van der Waals surface area contributed by atoms with Crippen LogP contribution in [0.4, 0.5) is 11.5 Å². The van der Waals surface area contributed by atoms with Crippen LogP contribution >= 0.6 is 12.4 Å². The minimum absolute atomic E-state index is 0. The summed E-state index contributed by atoms with van der Waals surface area (Å²) in [6.07, 6.45) is 3.36. The summed E-state index contributed by atoms with van der Waals surface area (Å²) in [6, 6.07) is 14.2. The third kappa shape index (κ3) is 4.84. The molecule has 0 saturated carbocycles. The van der Waals surface area contributed by atoms with E-state index < -0.39 is 0 Å². The van der Waals surface area contributed by atoms with Gasteiger partial charge in [-0.2, -0.15) is 9.97 Å². The molecule has 4 heterocycles. The second-order valence-electron chi connectivity index (χ2n) is 10.2. The van der Waals surface area contributed by atoms with Gasteiger partial charge in [-0.25, -0.2) is 0 Å². The zero-order valence-corrected chi connectivity index (χ0v) is 22.2. The van der Waals surface area contributed by atoms with Gasteiger partial charge in [-0.05, 0) is 56.8 Å². The van der Waals surface area contributed by atoms with Gasteiger partial charge in [-0.15, -0.1) is 12.4 Å². The highest BCUT2D eigenvalue weighted by Crippen LogP contribution is 2.35. The highest BCUT2D eigenvalue weighted by atomic mass is 35.5. The van der Waals surface area contributed by atoms with Gasteiger partial charge in [0.2, 0.25) is 0 Å². The zero-order chi connectivity index (χ0) is 23.8. The van der Waals surface area contributed by atoms with Gasteiger partial charge in [0.25, 0.3) is 0 Å². The van der Waals surface area contributed by atoms with Gasteiger partial charge < -0.3 is 24.8 Å². The van der Waals surface area contributed by atoms with E-state index in [2.05, 4.69) is 70.4 Å². The fourth-order valence-electron chi connectivity index (χ4n) is 5.93. The van der Waals surface area contributed by atoms with Crippen molar-refractivity contribution in [3.8, 4) is 6.01 Å². The molecule has 2 saturated heterocycles. The number of ether oxygens (including phenoxy) is 1. The van der Waals surface area contributed by atoms with Gasteiger partial charge in [0.15, 0.2) is 0 Å². The lowest BCUT2D eigenvalue weighted by Crippen LogP contribution is -2.45. The van der Waals surface area contributed by atoms with E-state index in [1.54, 1.807) is 0 Å². The van der Waals surface area contributed by atoms with Crippen molar-refractivity contribution in [1.82, 2.24) is 20.2 Å². The van der Waals surface area contributed by atoms with E-state index in [0.29, 0.717) is 18.7 Å². The van der Waals surface area contributed by atoms with Crippen LogP contribution in [-0.4, -0.2) is 73.8 Å². The van der Waals surface area contributed by atoms with Crippen LogP contribution in [0, 0.1) is 6.92 Å². The Balaban J connectivity index is 0.00000267. The van der Waals surface area contributed by atoms with Gasteiger partial charge in [-0.1, -0.05) is 30.3 Å². The highest BCUT2D eigenvalue weighted by Gasteiger charge is 2.28. The summed E-state index contributed by atoms with van der Waals surface area (Å²) < 4.78 is 6.26. The van der Waals surface area contributed by atoms with Crippen molar-refractivity contribution >= 4 is 34.7 Å². The molecule has 7 nitrogen and oxygen atoms in total. The lowest BCUT2D eigenvalue weighted by Gasteiger charge is -2.35. The maximum atomic E-state index is 6.26. The number of piperazine rings is 1. The van der Waals surface area contributed by atoms with E-state index in [1.807, 2.05) is 0 Å². The van der Waals surface area contributed by atoms with Crippen LogP contribution in [0.1, 0.15) is 29.7 Å². The van der Waals surface area contributed by atoms with Gasteiger partial charge >= 0.3 is 6.01 Å². The fourth-order valence-corrected chi connectivity index (χ4v) is 5.93. The maximum Gasteiger partial charge on any atom is 0.318 e. The second kappa shape index (κ2) is 10.8. The van der Waals surface area contributed by atoms with Crippen molar-refractivity contribution in [2.75, 3.05) is 62.7 Å². The first-order valence-corrected chi connectivity index (χ1v) is 13.1. The Morgan fingerprint density at radius 2 is 1.81 bits per heavy atom. The normalized spacial score (nSPS) is 20.3. The van der Waals surface area contributed by atoms with E-state index in [-0.39, 0.29) is 12.4 Å². The van der Waals surface area contributed by atoms with Crippen molar-refractivity contribution < 1.29 is 4.74 Å². The molecule has 6 rings (SSSR count). The molecule has 3 aliphatic rings. The largest absolute Gasteiger partial charge is 0.462 e. The standard InChI is InChI=1S/C28H36N6O.ClH/c1-20-6-3-7-21-8-4-10-25(26(20)21)34-15-11-23-24(18-34)30-28(35-19-22-9-5-14-32(22)2)31-27(23)33-16-12-29-13-17-33;/h3-4,6-8,10,22,29H,5,9,11-19H2,1-2H3;1H. The van der Waals surface area contributed by atoms with E-state index in [0.717, 1.165) is 63.7 Å². The molecule has 1 atom stereocenters. The monoisotopic (exact) mass is 508 g/mol. The van der Waals surface area contributed by atoms with Crippen molar-refractivity contribution in [1.29, 1.82) is 0 Å². The Kier molecular flexibility index (Phi) is 7.51. The predicted molar refractivity (Wildman–Crippen MR) is 149 cm³/mol. The van der Waals surface area contributed by atoms with Gasteiger partial charge in [0.1, 0.15) is 12.4 Å². The number of hydrogen-bond acceptors (Lipinski definition) is 7. The van der Waals surface area contributed by atoms with Crippen LogP contribution in [0.15, 0.2) is 36.4 Å². The van der Waals surface area contributed by atoms with E-state index in [9.17, 15) is 0 Å². The molecular formula is C28H37ClN6O. The van der Waals surface area contributed by atoms with E-state index in [1.165, 1.54) is 40.4 Å². The number of nitrogens with zero attached hydrogens (tertiary/aromatic N) is 5. The number of hydrogen-bond donors (Lipinski definition) is 1. The zero-order valence-electron chi connectivity index (χ0n) is 21.4. The van der Waals surface area contributed by atoms with E-state index in [4.69, 9.17) is 14.7 Å². The highest BCUT2D eigenvalue weighted by molar-refractivity contribution is 5.97. The van der Waals surface area contributed by atoms with Crippen molar-refractivity contribution in [3.05, 3.63) is 53.2 Å². The average molecular weight is 509 g/mol. The average Bonchev–Trinajstić information content (AvgIpc) is 3.31. The van der Waals surface area contributed by atoms with Crippen molar-refractivity contribution in [3.63, 3.8) is 0 Å². The molecule has 3 aliphatic heterocycles. The van der Waals surface area contributed by atoms with Gasteiger partial charge in [0.05, 0.1) is 12.2 Å². The minimum atomic E-state index is 0. The molecule has 2 aromatic carbocycles. The van der Waals surface area contributed by atoms with Crippen molar-refractivity contribution in [2.24, 2.45) is 0 Å².